The van der Waals surface area contributed by atoms with Crippen LogP contribution in [0.4, 0.5) is 5.69 Å². The number of amides is 1. The van der Waals surface area contributed by atoms with Crippen LogP contribution < -0.4 is 10.1 Å². The van der Waals surface area contributed by atoms with Crippen LogP contribution in [0.25, 0.3) is 20.5 Å². The summed E-state index contributed by atoms with van der Waals surface area (Å²) in [5, 5.41) is 3.96. The van der Waals surface area contributed by atoms with Crippen molar-refractivity contribution in [1.29, 1.82) is 0 Å². The first-order valence-electron chi connectivity index (χ1n) is 10.7. The summed E-state index contributed by atoms with van der Waals surface area (Å²) in [5.74, 6) is 0.437. The van der Waals surface area contributed by atoms with Crippen LogP contribution in [0, 0.1) is 0 Å². The van der Waals surface area contributed by atoms with E-state index >= 15 is 0 Å². The van der Waals surface area contributed by atoms with Gasteiger partial charge in [0.15, 0.2) is 5.78 Å². The number of aliphatic imine (C=N–C) groups is 1. The monoisotopic (exact) mass is 454 g/mol. The van der Waals surface area contributed by atoms with Gasteiger partial charge in [-0.05, 0) is 64.5 Å². The molecule has 0 atom stereocenters. The molecule has 5 rings (SSSR count). The first kappa shape index (κ1) is 21.1. The average Bonchev–Trinajstić information content (AvgIpc) is 3.45. The van der Waals surface area contributed by atoms with E-state index in [1.807, 2.05) is 30.5 Å². The van der Waals surface area contributed by atoms with Gasteiger partial charge >= 0.3 is 0 Å². The largest absolute Gasteiger partial charge is 0.496 e. The molecule has 1 aliphatic rings. The zero-order valence-corrected chi connectivity index (χ0v) is 19.2. The van der Waals surface area contributed by atoms with Gasteiger partial charge in [0.1, 0.15) is 5.75 Å². The fourth-order valence-electron chi connectivity index (χ4n) is 4.19. The van der Waals surface area contributed by atoms with E-state index in [4.69, 9.17) is 4.74 Å². The minimum atomic E-state index is -0.164. The summed E-state index contributed by atoms with van der Waals surface area (Å²) in [4.78, 5) is 30.4. The number of ether oxygens (including phenoxy) is 1. The Morgan fingerprint density at radius 1 is 1.09 bits per heavy atom. The predicted molar refractivity (Wildman–Crippen MR) is 134 cm³/mol. The highest BCUT2D eigenvalue weighted by Crippen LogP contribution is 2.38. The smallest absolute Gasteiger partial charge is 0.221 e. The topological polar surface area (TPSA) is 67.8 Å². The maximum Gasteiger partial charge on any atom is 0.221 e. The van der Waals surface area contributed by atoms with Gasteiger partial charge in [-0.25, -0.2) is 0 Å². The second kappa shape index (κ2) is 8.64. The summed E-state index contributed by atoms with van der Waals surface area (Å²) >= 11 is 1.73. The summed E-state index contributed by atoms with van der Waals surface area (Å²) in [6, 6.07) is 19.7. The van der Waals surface area contributed by atoms with E-state index in [-0.39, 0.29) is 18.1 Å². The number of fused-ring (bicyclic) bond motifs is 2. The molecule has 6 heteroatoms. The third-order valence-electron chi connectivity index (χ3n) is 5.73. The minimum absolute atomic E-state index is 0.0151. The highest BCUT2D eigenvalue weighted by Gasteiger charge is 2.20. The molecule has 33 heavy (non-hydrogen) atoms. The molecule has 0 unspecified atom stereocenters. The average molecular weight is 455 g/mol. The Morgan fingerprint density at radius 2 is 1.94 bits per heavy atom. The fourth-order valence-corrected chi connectivity index (χ4v) is 5.30. The Bertz CT molecular complexity index is 1400. The summed E-state index contributed by atoms with van der Waals surface area (Å²) in [6.45, 7) is 2.08. The summed E-state index contributed by atoms with van der Waals surface area (Å²) in [5.41, 5.74) is 5.22. The van der Waals surface area contributed by atoms with Gasteiger partial charge in [-0.15, -0.1) is 11.3 Å². The van der Waals surface area contributed by atoms with Gasteiger partial charge in [-0.2, -0.15) is 0 Å². The Hall–Kier alpha value is -3.77. The van der Waals surface area contributed by atoms with Gasteiger partial charge in [0.05, 0.1) is 13.7 Å². The van der Waals surface area contributed by atoms with Crippen molar-refractivity contribution >= 4 is 45.0 Å². The quantitative estimate of drug-likeness (QED) is 0.369. The van der Waals surface area contributed by atoms with Gasteiger partial charge in [0.25, 0.3) is 0 Å². The highest BCUT2D eigenvalue weighted by atomic mass is 32.1. The summed E-state index contributed by atoms with van der Waals surface area (Å²) < 4.78 is 6.68. The number of rotatable bonds is 6. The number of methoxy groups -OCH3 is 1. The molecule has 1 aromatic heterocycles. The van der Waals surface area contributed by atoms with Crippen molar-refractivity contribution in [3.63, 3.8) is 0 Å². The van der Waals surface area contributed by atoms with Crippen LogP contribution in [0.1, 0.15) is 34.0 Å². The second-order valence-corrected chi connectivity index (χ2v) is 9.10. The van der Waals surface area contributed by atoms with Crippen molar-refractivity contribution in [2.45, 2.75) is 19.9 Å². The first-order chi connectivity index (χ1) is 16.0. The molecule has 164 valence electrons. The molecule has 0 saturated carbocycles. The van der Waals surface area contributed by atoms with Crippen LogP contribution in [0.5, 0.6) is 5.75 Å². The van der Waals surface area contributed by atoms with Crippen LogP contribution >= 0.6 is 11.3 Å². The lowest BCUT2D eigenvalue weighted by Gasteiger charge is -2.13. The van der Waals surface area contributed by atoms with E-state index < -0.39 is 0 Å². The van der Waals surface area contributed by atoms with Crippen molar-refractivity contribution in [3.8, 4) is 16.2 Å². The lowest BCUT2D eigenvalue weighted by atomic mass is 9.94. The van der Waals surface area contributed by atoms with Crippen molar-refractivity contribution in [3.05, 3.63) is 82.9 Å². The number of ketones is 1. The van der Waals surface area contributed by atoms with Crippen molar-refractivity contribution in [2.75, 3.05) is 12.4 Å². The predicted octanol–water partition coefficient (Wildman–Crippen LogP) is 5.89. The standard InChI is InChI=1S/C27H22N2O3S/c1-16(30)29-21-7-8-25(32-2)19(10-21)12-24(31)18-9-20-14-28-15-23(20)22(11-18)27-13-17-5-3-4-6-26(17)33-27/h3-11,13-14H,12,15H2,1-2H3,(H,29,30). The maximum atomic E-state index is 13.4. The number of carbonyl (C=O) groups is 2. The Kier molecular flexibility index (Phi) is 5.52. The number of nitrogens with zero attached hydrogens (tertiary/aromatic N) is 1. The van der Waals surface area contributed by atoms with E-state index in [2.05, 4.69) is 28.5 Å². The van der Waals surface area contributed by atoms with E-state index in [9.17, 15) is 9.59 Å². The molecule has 0 aliphatic carbocycles. The fraction of sp³-hybridized carbons (Fsp3) is 0.148. The maximum absolute atomic E-state index is 13.4. The van der Waals surface area contributed by atoms with Crippen molar-refractivity contribution in [1.82, 2.24) is 0 Å². The third-order valence-corrected chi connectivity index (χ3v) is 6.88. The number of hydrogen-bond acceptors (Lipinski definition) is 5. The molecule has 3 aromatic carbocycles. The Balaban J connectivity index is 1.52. The first-order valence-corrected chi connectivity index (χ1v) is 11.5. The molecule has 1 amide bonds. The lowest BCUT2D eigenvalue weighted by molar-refractivity contribution is -0.114. The SMILES string of the molecule is COc1ccc(NC(C)=O)cc1CC(=O)c1cc2c(c(-c3cc4ccccc4s3)c1)CN=C2. The number of carbonyl (C=O) groups excluding carboxylic acids is 2. The molecular formula is C27H22N2O3S. The van der Waals surface area contributed by atoms with Gasteiger partial charge in [-0.3, -0.25) is 14.6 Å². The number of nitrogens with one attached hydrogen (secondary N) is 1. The molecular weight excluding hydrogens is 432 g/mol. The van der Waals surface area contributed by atoms with Crippen molar-refractivity contribution < 1.29 is 14.3 Å². The molecule has 0 bridgehead atoms. The van der Waals surface area contributed by atoms with E-state index in [0.29, 0.717) is 23.5 Å². The molecule has 5 nitrogen and oxygen atoms in total. The molecule has 1 aliphatic heterocycles. The molecule has 0 saturated heterocycles. The minimum Gasteiger partial charge on any atom is -0.496 e. The summed E-state index contributed by atoms with van der Waals surface area (Å²) in [7, 11) is 1.58. The van der Waals surface area contributed by atoms with Crippen LogP contribution in [0.3, 0.4) is 0 Å². The number of Topliss-reactive ketones (excluding diaryl/α,β-unsaturated/α-hetero) is 1. The summed E-state index contributed by atoms with van der Waals surface area (Å²) in [6.07, 6.45) is 2.01. The van der Waals surface area contributed by atoms with Crippen LogP contribution in [0.2, 0.25) is 0 Å². The number of anilines is 1. The normalized spacial score (nSPS) is 12.1. The number of hydrogen-bond donors (Lipinski definition) is 1. The zero-order chi connectivity index (χ0) is 22.9. The zero-order valence-electron chi connectivity index (χ0n) is 18.3. The van der Waals surface area contributed by atoms with Crippen molar-refractivity contribution in [2.24, 2.45) is 4.99 Å². The molecule has 2 heterocycles. The second-order valence-electron chi connectivity index (χ2n) is 8.02. The van der Waals surface area contributed by atoms with Crippen LogP contribution in [-0.4, -0.2) is 25.0 Å². The van der Waals surface area contributed by atoms with E-state index in [1.165, 1.54) is 17.0 Å². The third kappa shape index (κ3) is 4.17. The van der Waals surface area contributed by atoms with E-state index in [0.717, 1.165) is 27.1 Å². The molecule has 0 spiro atoms. The van der Waals surface area contributed by atoms with Gasteiger partial charge in [-0.1, -0.05) is 18.2 Å². The number of benzene rings is 3. The Labute approximate surface area is 195 Å². The molecule has 0 fully saturated rings. The molecule has 4 aromatic rings. The number of thiophene rings is 1. The molecule has 1 N–H and O–H groups in total. The van der Waals surface area contributed by atoms with Crippen LogP contribution in [-0.2, 0) is 17.8 Å². The van der Waals surface area contributed by atoms with Gasteiger partial charge < -0.3 is 10.1 Å². The Morgan fingerprint density at radius 3 is 2.73 bits per heavy atom. The van der Waals surface area contributed by atoms with Crippen LogP contribution in [0.15, 0.2) is 65.7 Å². The van der Waals surface area contributed by atoms with Gasteiger partial charge in [0.2, 0.25) is 5.91 Å². The highest BCUT2D eigenvalue weighted by molar-refractivity contribution is 7.22. The lowest BCUT2D eigenvalue weighted by Crippen LogP contribution is -2.09. The van der Waals surface area contributed by atoms with E-state index in [1.54, 1.807) is 36.6 Å². The molecule has 0 radical (unpaired) electrons. The van der Waals surface area contributed by atoms with Gasteiger partial charge in [0, 0.05) is 46.0 Å².